The third-order valence-corrected chi connectivity index (χ3v) is 1.78. The number of benzene rings is 1. The minimum absolute atomic E-state index is 0.434. The minimum Gasteiger partial charge on any atom is -0.494 e. The number of ether oxygens (including phenoxy) is 1. The van der Waals surface area contributed by atoms with Crippen LogP contribution in [0.2, 0.25) is 0 Å². The molecule has 0 aliphatic rings. The fraction of sp³-hybridized carbons (Fsp3) is 0.222. The zero-order valence-electron chi connectivity index (χ0n) is 7.37. The summed E-state index contributed by atoms with van der Waals surface area (Å²) >= 11 is 0. The topological polar surface area (TPSA) is 63.9 Å². The van der Waals surface area contributed by atoms with Gasteiger partial charge in [0.15, 0.2) is 5.95 Å². The van der Waals surface area contributed by atoms with Crippen LogP contribution in [0, 0.1) is 0 Å². The van der Waals surface area contributed by atoms with E-state index in [-0.39, 0.29) is 0 Å². The molecule has 0 fully saturated rings. The molecule has 1 aromatic carbocycles. The predicted octanol–water partition coefficient (Wildman–Crippen LogP) is 1.54. The molecule has 0 aliphatic carbocycles. The van der Waals surface area contributed by atoms with Crippen molar-refractivity contribution in [2.75, 3.05) is 12.3 Å². The van der Waals surface area contributed by atoms with E-state index in [9.17, 15) is 0 Å². The molecule has 1 heterocycles. The fourth-order valence-corrected chi connectivity index (χ4v) is 1.26. The van der Waals surface area contributed by atoms with Crippen LogP contribution < -0.4 is 10.5 Å². The number of imidazole rings is 1. The number of anilines is 1. The molecule has 2 rings (SSSR count). The Kier molecular flexibility index (Phi) is 1.81. The highest BCUT2D eigenvalue weighted by Gasteiger charge is 2.00. The van der Waals surface area contributed by atoms with Gasteiger partial charge in [-0.3, -0.25) is 0 Å². The van der Waals surface area contributed by atoms with Gasteiger partial charge in [-0.2, -0.15) is 0 Å². The van der Waals surface area contributed by atoms with E-state index in [1.165, 1.54) is 0 Å². The number of aromatic amines is 1. The summed E-state index contributed by atoms with van der Waals surface area (Å²) in [6.45, 7) is 2.61. The third-order valence-electron chi connectivity index (χ3n) is 1.78. The summed E-state index contributed by atoms with van der Waals surface area (Å²) in [6.07, 6.45) is 0. The third kappa shape index (κ3) is 1.42. The molecular formula is C9H11N3O. The lowest BCUT2D eigenvalue weighted by molar-refractivity contribution is 0.340. The van der Waals surface area contributed by atoms with Crippen LogP contribution >= 0.6 is 0 Å². The molecule has 0 spiro atoms. The second-order valence-electron chi connectivity index (χ2n) is 2.73. The van der Waals surface area contributed by atoms with Crippen LogP contribution in [-0.4, -0.2) is 16.6 Å². The van der Waals surface area contributed by atoms with Gasteiger partial charge in [-0.05, 0) is 19.1 Å². The Morgan fingerprint density at radius 3 is 3.15 bits per heavy atom. The van der Waals surface area contributed by atoms with Gasteiger partial charge in [0.1, 0.15) is 5.75 Å². The molecule has 0 saturated carbocycles. The molecular weight excluding hydrogens is 166 g/mol. The molecule has 1 aromatic heterocycles. The lowest BCUT2D eigenvalue weighted by Crippen LogP contribution is -1.90. The van der Waals surface area contributed by atoms with E-state index < -0.39 is 0 Å². The van der Waals surface area contributed by atoms with Gasteiger partial charge in [-0.15, -0.1) is 0 Å². The summed E-state index contributed by atoms with van der Waals surface area (Å²) in [5.74, 6) is 1.25. The number of nitrogens with one attached hydrogen (secondary N) is 1. The van der Waals surface area contributed by atoms with E-state index in [0.717, 1.165) is 16.8 Å². The molecule has 0 aliphatic heterocycles. The molecule has 13 heavy (non-hydrogen) atoms. The van der Waals surface area contributed by atoms with Gasteiger partial charge < -0.3 is 15.5 Å². The van der Waals surface area contributed by atoms with Crippen molar-refractivity contribution < 1.29 is 4.74 Å². The molecule has 4 heteroatoms. The predicted molar refractivity (Wildman–Crippen MR) is 51.7 cm³/mol. The van der Waals surface area contributed by atoms with Crippen LogP contribution in [0.4, 0.5) is 5.95 Å². The van der Waals surface area contributed by atoms with Gasteiger partial charge in [0.25, 0.3) is 0 Å². The van der Waals surface area contributed by atoms with Crippen molar-refractivity contribution in [1.29, 1.82) is 0 Å². The summed E-state index contributed by atoms with van der Waals surface area (Å²) in [6, 6.07) is 5.67. The van der Waals surface area contributed by atoms with E-state index in [1.54, 1.807) is 0 Å². The maximum Gasteiger partial charge on any atom is 0.198 e. The fourth-order valence-electron chi connectivity index (χ4n) is 1.26. The van der Waals surface area contributed by atoms with Crippen molar-refractivity contribution in [3.05, 3.63) is 18.2 Å². The molecule has 0 radical (unpaired) electrons. The molecule has 0 saturated heterocycles. The minimum atomic E-state index is 0.434. The number of nitrogens with two attached hydrogens (primary N) is 1. The number of aromatic nitrogens is 2. The molecule has 2 aromatic rings. The number of hydrogen-bond donors (Lipinski definition) is 2. The molecule has 0 atom stereocenters. The number of rotatable bonds is 2. The summed E-state index contributed by atoms with van der Waals surface area (Å²) in [5, 5.41) is 0. The first-order chi connectivity index (χ1) is 6.29. The van der Waals surface area contributed by atoms with Gasteiger partial charge in [0, 0.05) is 6.07 Å². The number of H-pyrrole nitrogens is 1. The maximum absolute atomic E-state index is 5.51. The largest absolute Gasteiger partial charge is 0.494 e. The molecule has 0 bridgehead atoms. The lowest BCUT2D eigenvalue weighted by atomic mass is 10.3. The number of nitrogen functional groups attached to an aromatic ring is 1. The second-order valence-corrected chi connectivity index (χ2v) is 2.73. The van der Waals surface area contributed by atoms with E-state index in [1.807, 2.05) is 25.1 Å². The SMILES string of the molecule is CCOc1ccc2[nH]c(N)nc2c1. The first-order valence-corrected chi connectivity index (χ1v) is 4.17. The van der Waals surface area contributed by atoms with Crippen LogP contribution in [0.1, 0.15) is 6.92 Å². The zero-order valence-corrected chi connectivity index (χ0v) is 7.37. The van der Waals surface area contributed by atoms with Crippen molar-refractivity contribution in [2.45, 2.75) is 6.92 Å². The van der Waals surface area contributed by atoms with E-state index in [2.05, 4.69) is 9.97 Å². The van der Waals surface area contributed by atoms with E-state index in [4.69, 9.17) is 10.5 Å². The van der Waals surface area contributed by atoms with Crippen molar-refractivity contribution in [1.82, 2.24) is 9.97 Å². The Labute approximate surface area is 75.7 Å². The van der Waals surface area contributed by atoms with Crippen molar-refractivity contribution in [3.8, 4) is 5.75 Å². The normalized spacial score (nSPS) is 10.5. The summed E-state index contributed by atoms with van der Waals surface area (Å²) in [7, 11) is 0. The van der Waals surface area contributed by atoms with Gasteiger partial charge in [0.05, 0.1) is 17.6 Å². The second kappa shape index (κ2) is 2.97. The average molecular weight is 177 g/mol. The molecule has 68 valence electrons. The average Bonchev–Trinajstić information content (AvgIpc) is 2.44. The monoisotopic (exact) mass is 177 g/mol. The highest BCUT2D eigenvalue weighted by atomic mass is 16.5. The van der Waals surface area contributed by atoms with Gasteiger partial charge in [-0.25, -0.2) is 4.98 Å². The molecule has 4 nitrogen and oxygen atoms in total. The lowest BCUT2D eigenvalue weighted by Gasteiger charge is -2.00. The number of fused-ring (bicyclic) bond motifs is 1. The summed E-state index contributed by atoms with van der Waals surface area (Å²) in [5.41, 5.74) is 7.28. The standard InChI is InChI=1S/C9H11N3O/c1-2-13-6-3-4-7-8(5-6)12-9(10)11-7/h3-5H,2H2,1H3,(H3,10,11,12). The van der Waals surface area contributed by atoms with Crippen LogP contribution in [0.25, 0.3) is 11.0 Å². The Bertz CT molecular complexity index is 422. The molecule has 3 N–H and O–H groups in total. The Morgan fingerprint density at radius 2 is 2.38 bits per heavy atom. The van der Waals surface area contributed by atoms with E-state index in [0.29, 0.717) is 12.6 Å². The Morgan fingerprint density at radius 1 is 1.54 bits per heavy atom. The highest BCUT2D eigenvalue weighted by Crippen LogP contribution is 2.19. The Hall–Kier alpha value is -1.71. The summed E-state index contributed by atoms with van der Waals surface area (Å²) in [4.78, 5) is 7.04. The summed E-state index contributed by atoms with van der Waals surface area (Å²) < 4.78 is 5.33. The van der Waals surface area contributed by atoms with Crippen LogP contribution in [-0.2, 0) is 0 Å². The van der Waals surface area contributed by atoms with Crippen molar-refractivity contribution in [2.24, 2.45) is 0 Å². The molecule has 0 amide bonds. The van der Waals surface area contributed by atoms with Crippen LogP contribution in [0.5, 0.6) is 5.75 Å². The maximum atomic E-state index is 5.51. The number of hydrogen-bond acceptors (Lipinski definition) is 3. The van der Waals surface area contributed by atoms with Crippen LogP contribution in [0.3, 0.4) is 0 Å². The smallest absolute Gasteiger partial charge is 0.198 e. The van der Waals surface area contributed by atoms with E-state index >= 15 is 0 Å². The highest BCUT2D eigenvalue weighted by molar-refractivity contribution is 5.78. The Balaban J connectivity index is 2.48. The van der Waals surface area contributed by atoms with Gasteiger partial charge in [0.2, 0.25) is 0 Å². The quantitative estimate of drug-likeness (QED) is 0.731. The van der Waals surface area contributed by atoms with Crippen molar-refractivity contribution in [3.63, 3.8) is 0 Å². The zero-order chi connectivity index (χ0) is 9.26. The van der Waals surface area contributed by atoms with Gasteiger partial charge in [-0.1, -0.05) is 0 Å². The molecule has 0 unspecified atom stereocenters. The van der Waals surface area contributed by atoms with Gasteiger partial charge >= 0.3 is 0 Å². The van der Waals surface area contributed by atoms with Crippen LogP contribution in [0.15, 0.2) is 18.2 Å². The van der Waals surface area contributed by atoms with Crippen molar-refractivity contribution >= 4 is 17.0 Å². The number of nitrogens with zero attached hydrogens (tertiary/aromatic N) is 1. The first kappa shape index (κ1) is 7.91. The first-order valence-electron chi connectivity index (χ1n) is 4.17.